The maximum Gasteiger partial charge on any atom is 0.231 e. The molecule has 5 heteroatoms. The van der Waals surface area contributed by atoms with E-state index in [-0.39, 0.29) is 19.2 Å². The number of hydrogen-bond donors (Lipinski definition) is 0. The number of aryl methyl sites for hydroxylation is 1. The number of benzene rings is 2. The highest BCUT2D eigenvalue weighted by atomic mass is 35.5. The van der Waals surface area contributed by atoms with Gasteiger partial charge >= 0.3 is 0 Å². The number of methoxy groups -OCH3 is 1. The van der Waals surface area contributed by atoms with Crippen LogP contribution in [0.15, 0.2) is 42.5 Å². The second-order valence-electron chi connectivity index (χ2n) is 5.28. The molecule has 1 aliphatic heterocycles. The predicted octanol–water partition coefficient (Wildman–Crippen LogP) is 4.37. The molecule has 0 fully saturated rings. The number of hydrogen-bond acceptors (Lipinski definition) is 4. The second-order valence-corrected chi connectivity index (χ2v) is 5.28. The van der Waals surface area contributed by atoms with Crippen molar-refractivity contribution in [3.05, 3.63) is 48.0 Å². The molecule has 23 heavy (non-hydrogen) atoms. The molecule has 2 aromatic carbocycles. The summed E-state index contributed by atoms with van der Waals surface area (Å²) in [6, 6.07) is 13.9. The molecule has 1 aliphatic rings. The molecule has 4 nitrogen and oxygen atoms in total. The number of rotatable bonds is 2. The van der Waals surface area contributed by atoms with Gasteiger partial charge in [-0.25, -0.2) is 4.98 Å². The molecule has 0 bridgehead atoms. The summed E-state index contributed by atoms with van der Waals surface area (Å²) in [6.45, 7) is 2.36. The van der Waals surface area contributed by atoms with E-state index in [1.54, 1.807) is 7.11 Å². The van der Waals surface area contributed by atoms with Crippen molar-refractivity contribution in [2.45, 2.75) is 6.92 Å². The Balaban J connectivity index is 0.00000156. The van der Waals surface area contributed by atoms with Gasteiger partial charge in [0.25, 0.3) is 0 Å². The molecule has 0 spiro atoms. The fourth-order valence-corrected chi connectivity index (χ4v) is 2.69. The van der Waals surface area contributed by atoms with Crippen LogP contribution in [0.3, 0.4) is 0 Å². The monoisotopic (exact) mass is 329 g/mol. The lowest BCUT2D eigenvalue weighted by Gasteiger charge is -2.08. The fourth-order valence-electron chi connectivity index (χ4n) is 2.69. The Kier molecular flexibility index (Phi) is 4.01. The van der Waals surface area contributed by atoms with E-state index >= 15 is 0 Å². The minimum Gasteiger partial charge on any atom is -0.497 e. The molecule has 0 N–H and O–H groups in total. The normalized spacial score (nSPS) is 12.1. The summed E-state index contributed by atoms with van der Waals surface area (Å²) in [4.78, 5) is 4.76. The van der Waals surface area contributed by atoms with Crippen LogP contribution in [0.1, 0.15) is 5.56 Å². The molecule has 0 atom stereocenters. The van der Waals surface area contributed by atoms with Crippen molar-refractivity contribution in [1.29, 1.82) is 0 Å². The second kappa shape index (κ2) is 5.97. The minimum atomic E-state index is 0. The molecule has 4 rings (SSSR count). The average molecular weight is 330 g/mol. The predicted molar refractivity (Wildman–Crippen MR) is 91.8 cm³/mol. The van der Waals surface area contributed by atoms with E-state index in [9.17, 15) is 0 Å². The minimum absolute atomic E-state index is 0. The van der Waals surface area contributed by atoms with Crippen molar-refractivity contribution in [2.24, 2.45) is 0 Å². The standard InChI is InChI=1S/C18H15NO3.ClH/c1-11-7-15(12-3-5-13(20-2)6-4-12)19-16-9-18-17(8-14(11)16)21-10-22-18;/h3-9H,10H2,1-2H3;1H. The van der Waals surface area contributed by atoms with Gasteiger partial charge in [-0.2, -0.15) is 0 Å². The summed E-state index contributed by atoms with van der Waals surface area (Å²) in [5.74, 6) is 2.38. The van der Waals surface area contributed by atoms with Crippen LogP contribution in [0, 0.1) is 6.92 Å². The molecule has 0 amide bonds. The summed E-state index contributed by atoms with van der Waals surface area (Å²) >= 11 is 0. The zero-order valence-corrected chi connectivity index (χ0v) is 13.6. The van der Waals surface area contributed by atoms with E-state index in [0.29, 0.717) is 0 Å². The van der Waals surface area contributed by atoms with Crippen molar-refractivity contribution in [3.63, 3.8) is 0 Å². The number of aromatic nitrogens is 1. The van der Waals surface area contributed by atoms with Gasteiger partial charge in [-0.15, -0.1) is 12.4 Å². The molecule has 118 valence electrons. The van der Waals surface area contributed by atoms with Crippen molar-refractivity contribution < 1.29 is 14.2 Å². The van der Waals surface area contributed by atoms with Gasteiger partial charge < -0.3 is 14.2 Å². The van der Waals surface area contributed by atoms with Gasteiger partial charge in [-0.3, -0.25) is 0 Å². The Labute approximate surface area is 140 Å². The van der Waals surface area contributed by atoms with Gasteiger partial charge in [-0.1, -0.05) is 0 Å². The zero-order valence-electron chi connectivity index (χ0n) is 12.8. The summed E-state index contributed by atoms with van der Waals surface area (Å²) < 4.78 is 16.1. The molecule has 2 heterocycles. The first-order valence-electron chi connectivity index (χ1n) is 7.10. The first kappa shape index (κ1) is 15.4. The van der Waals surface area contributed by atoms with Crippen LogP contribution in [0.4, 0.5) is 0 Å². The van der Waals surface area contributed by atoms with E-state index in [1.165, 1.54) is 0 Å². The van der Waals surface area contributed by atoms with E-state index in [4.69, 9.17) is 19.2 Å². The van der Waals surface area contributed by atoms with Crippen LogP contribution >= 0.6 is 12.4 Å². The first-order valence-corrected chi connectivity index (χ1v) is 7.10. The summed E-state index contributed by atoms with van der Waals surface area (Å²) in [5, 5.41) is 1.08. The maximum atomic E-state index is 5.44. The molecular formula is C18H16ClNO3. The number of pyridine rings is 1. The number of halogens is 1. The van der Waals surface area contributed by atoms with Gasteiger partial charge in [0, 0.05) is 17.0 Å². The Morgan fingerprint density at radius 1 is 1.00 bits per heavy atom. The van der Waals surface area contributed by atoms with E-state index in [1.807, 2.05) is 36.4 Å². The van der Waals surface area contributed by atoms with Crippen molar-refractivity contribution in [2.75, 3.05) is 13.9 Å². The Morgan fingerprint density at radius 2 is 1.70 bits per heavy atom. The summed E-state index contributed by atoms with van der Waals surface area (Å²) in [7, 11) is 1.66. The first-order chi connectivity index (χ1) is 10.7. The number of ether oxygens (including phenoxy) is 3. The van der Waals surface area contributed by atoms with Crippen LogP contribution in [0.25, 0.3) is 22.2 Å². The maximum absolute atomic E-state index is 5.44. The third-order valence-corrected chi connectivity index (χ3v) is 3.90. The highest BCUT2D eigenvalue weighted by Crippen LogP contribution is 2.37. The molecule has 3 aromatic rings. The molecule has 0 unspecified atom stereocenters. The van der Waals surface area contributed by atoms with Crippen LogP contribution in [-0.2, 0) is 0 Å². The van der Waals surface area contributed by atoms with Crippen LogP contribution in [0.2, 0.25) is 0 Å². The molecule has 0 saturated carbocycles. The largest absolute Gasteiger partial charge is 0.497 e. The van der Waals surface area contributed by atoms with E-state index in [0.717, 1.165) is 45.0 Å². The highest BCUT2D eigenvalue weighted by Gasteiger charge is 2.16. The molecule has 0 saturated heterocycles. The van der Waals surface area contributed by atoms with Gasteiger partial charge in [0.15, 0.2) is 11.5 Å². The van der Waals surface area contributed by atoms with Gasteiger partial charge in [-0.05, 0) is 48.9 Å². The van der Waals surface area contributed by atoms with Crippen molar-refractivity contribution >= 4 is 23.3 Å². The third kappa shape index (κ3) is 2.66. The Bertz CT molecular complexity index is 862. The number of nitrogens with zero attached hydrogens (tertiary/aromatic N) is 1. The average Bonchev–Trinajstić information content (AvgIpc) is 3.00. The summed E-state index contributed by atoms with van der Waals surface area (Å²) in [5.41, 5.74) is 4.07. The lowest BCUT2D eigenvalue weighted by molar-refractivity contribution is 0.174. The van der Waals surface area contributed by atoms with Crippen LogP contribution in [0.5, 0.6) is 17.2 Å². The SMILES string of the molecule is COc1ccc(-c2cc(C)c3cc4c(cc3n2)OCO4)cc1.Cl. The Morgan fingerprint density at radius 3 is 2.39 bits per heavy atom. The van der Waals surface area contributed by atoms with Gasteiger partial charge in [0.05, 0.1) is 18.3 Å². The molecule has 0 aliphatic carbocycles. The lowest BCUT2D eigenvalue weighted by Crippen LogP contribution is -1.92. The van der Waals surface area contributed by atoms with E-state index in [2.05, 4.69) is 13.0 Å². The molecule has 1 aromatic heterocycles. The van der Waals surface area contributed by atoms with Crippen molar-refractivity contribution in [1.82, 2.24) is 4.98 Å². The fraction of sp³-hybridized carbons (Fsp3) is 0.167. The zero-order chi connectivity index (χ0) is 15.1. The van der Waals surface area contributed by atoms with Crippen LogP contribution < -0.4 is 14.2 Å². The Hall–Kier alpha value is -2.46. The molecule has 0 radical (unpaired) electrons. The molecular weight excluding hydrogens is 314 g/mol. The van der Waals surface area contributed by atoms with E-state index < -0.39 is 0 Å². The number of fused-ring (bicyclic) bond motifs is 2. The lowest BCUT2D eigenvalue weighted by atomic mass is 10.0. The van der Waals surface area contributed by atoms with Gasteiger partial charge in [0.1, 0.15) is 5.75 Å². The third-order valence-electron chi connectivity index (χ3n) is 3.90. The smallest absolute Gasteiger partial charge is 0.231 e. The van der Waals surface area contributed by atoms with Gasteiger partial charge in [0.2, 0.25) is 6.79 Å². The van der Waals surface area contributed by atoms with Crippen molar-refractivity contribution in [3.8, 4) is 28.5 Å². The summed E-state index contributed by atoms with van der Waals surface area (Å²) in [6.07, 6.45) is 0. The topological polar surface area (TPSA) is 40.6 Å². The quantitative estimate of drug-likeness (QED) is 0.700. The van der Waals surface area contributed by atoms with Crippen LogP contribution in [-0.4, -0.2) is 18.9 Å². The highest BCUT2D eigenvalue weighted by molar-refractivity contribution is 5.88.